The van der Waals surface area contributed by atoms with E-state index in [1.165, 1.54) is 0 Å². The minimum atomic E-state index is -0.718. The van der Waals surface area contributed by atoms with Crippen molar-refractivity contribution in [2.24, 2.45) is 0 Å². The molecule has 1 aromatic rings. The summed E-state index contributed by atoms with van der Waals surface area (Å²) in [5.41, 5.74) is 0.317. The van der Waals surface area contributed by atoms with Crippen LogP contribution in [0.1, 0.15) is 29.6 Å². The van der Waals surface area contributed by atoms with Crippen LogP contribution in [0.15, 0.2) is 24.3 Å². The summed E-state index contributed by atoms with van der Waals surface area (Å²) in [5.74, 6) is -0.290. The predicted octanol–water partition coefficient (Wildman–Crippen LogP) is 1.59. The summed E-state index contributed by atoms with van der Waals surface area (Å²) in [6.07, 6.45) is 4.37. The first-order chi connectivity index (χ1) is 12.0. The van der Waals surface area contributed by atoms with E-state index in [-0.39, 0.29) is 24.4 Å². The van der Waals surface area contributed by atoms with Gasteiger partial charge < -0.3 is 16.0 Å². The fourth-order valence-electron chi connectivity index (χ4n) is 2.18. The molecule has 1 unspecified atom stereocenters. The van der Waals surface area contributed by atoms with Crippen LogP contribution in [-0.2, 0) is 9.59 Å². The van der Waals surface area contributed by atoms with Gasteiger partial charge in [0, 0.05) is 6.04 Å². The Morgan fingerprint density at radius 1 is 1.28 bits per heavy atom. The van der Waals surface area contributed by atoms with Crippen molar-refractivity contribution in [1.82, 2.24) is 16.0 Å². The number of carbonyl (C=O) groups is 3. The van der Waals surface area contributed by atoms with Gasteiger partial charge in [0.1, 0.15) is 6.04 Å². The number of hydrogen-bond donors (Lipinski definition) is 3. The van der Waals surface area contributed by atoms with Crippen LogP contribution in [0.5, 0.6) is 0 Å². The van der Waals surface area contributed by atoms with Gasteiger partial charge in [-0.05, 0) is 43.4 Å². The summed E-state index contributed by atoms with van der Waals surface area (Å²) in [5, 5.41) is 8.42. The van der Waals surface area contributed by atoms with Gasteiger partial charge in [0.25, 0.3) is 5.91 Å². The van der Waals surface area contributed by atoms with E-state index in [0.717, 1.165) is 12.8 Å². The first-order valence-electron chi connectivity index (χ1n) is 8.12. The third-order valence-electron chi connectivity index (χ3n) is 3.72. The highest BCUT2D eigenvalue weighted by Crippen LogP contribution is 2.18. The summed E-state index contributed by atoms with van der Waals surface area (Å²) >= 11 is 7.60. The third-order valence-corrected chi connectivity index (χ3v) is 4.69. The molecular formula is C17H22ClN3O3S. The molecule has 2 rings (SSSR count). The summed E-state index contributed by atoms with van der Waals surface area (Å²) in [6, 6.07) is 6.19. The second-order valence-corrected chi connectivity index (χ2v) is 7.24. The Hall–Kier alpha value is -1.73. The number of benzene rings is 1. The van der Waals surface area contributed by atoms with Crippen molar-refractivity contribution in [1.29, 1.82) is 0 Å². The van der Waals surface area contributed by atoms with E-state index in [1.54, 1.807) is 36.0 Å². The molecule has 0 heterocycles. The van der Waals surface area contributed by atoms with Crippen molar-refractivity contribution < 1.29 is 14.4 Å². The topological polar surface area (TPSA) is 87.3 Å². The van der Waals surface area contributed by atoms with Crippen LogP contribution in [0, 0.1) is 0 Å². The molecule has 1 fully saturated rings. The highest BCUT2D eigenvalue weighted by molar-refractivity contribution is 7.98. The van der Waals surface area contributed by atoms with Crippen LogP contribution in [-0.4, -0.2) is 48.4 Å². The van der Waals surface area contributed by atoms with Crippen LogP contribution in [0.4, 0.5) is 0 Å². The van der Waals surface area contributed by atoms with Gasteiger partial charge in [-0.1, -0.05) is 23.7 Å². The average Bonchev–Trinajstić information content (AvgIpc) is 3.40. The van der Waals surface area contributed by atoms with Crippen molar-refractivity contribution in [2.75, 3.05) is 18.6 Å². The SMILES string of the molecule is CSCCC(NC(=O)c1ccccc1Cl)C(=O)NCC(=O)NC1CC1. The van der Waals surface area contributed by atoms with Crippen molar-refractivity contribution in [2.45, 2.75) is 31.3 Å². The maximum Gasteiger partial charge on any atom is 0.253 e. The molecule has 0 bridgehead atoms. The van der Waals surface area contributed by atoms with E-state index in [2.05, 4.69) is 16.0 Å². The second kappa shape index (κ2) is 9.68. The molecule has 0 saturated heterocycles. The Bertz CT molecular complexity index is 637. The van der Waals surface area contributed by atoms with Gasteiger partial charge in [-0.3, -0.25) is 14.4 Å². The monoisotopic (exact) mass is 383 g/mol. The van der Waals surface area contributed by atoms with Gasteiger partial charge in [0.2, 0.25) is 11.8 Å². The minimum Gasteiger partial charge on any atom is -0.352 e. The molecule has 6 nitrogen and oxygen atoms in total. The molecule has 1 aliphatic carbocycles. The van der Waals surface area contributed by atoms with E-state index in [4.69, 9.17) is 11.6 Å². The van der Waals surface area contributed by atoms with E-state index >= 15 is 0 Å². The number of carbonyl (C=O) groups excluding carboxylic acids is 3. The van der Waals surface area contributed by atoms with Crippen LogP contribution >= 0.6 is 23.4 Å². The molecule has 136 valence electrons. The molecule has 0 radical (unpaired) electrons. The zero-order chi connectivity index (χ0) is 18.2. The van der Waals surface area contributed by atoms with Gasteiger partial charge in [0.05, 0.1) is 17.1 Å². The fraction of sp³-hybridized carbons (Fsp3) is 0.471. The molecule has 1 saturated carbocycles. The highest BCUT2D eigenvalue weighted by atomic mass is 35.5. The van der Waals surface area contributed by atoms with Gasteiger partial charge in [-0.25, -0.2) is 0 Å². The van der Waals surface area contributed by atoms with E-state index in [1.807, 2.05) is 6.26 Å². The number of amides is 3. The van der Waals surface area contributed by atoms with Crippen molar-refractivity contribution in [3.63, 3.8) is 0 Å². The van der Waals surface area contributed by atoms with Gasteiger partial charge in [0.15, 0.2) is 0 Å². The van der Waals surface area contributed by atoms with E-state index in [9.17, 15) is 14.4 Å². The van der Waals surface area contributed by atoms with Gasteiger partial charge in [-0.2, -0.15) is 11.8 Å². The lowest BCUT2D eigenvalue weighted by Crippen LogP contribution is -2.49. The molecule has 0 aliphatic heterocycles. The smallest absolute Gasteiger partial charge is 0.253 e. The fourth-order valence-corrected chi connectivity index (χ4v) is 2.88. The normalized spacial score (nSPS) is 14.5. The summed E-state index contributed by atoms with van der Waals surface area (Å²) in [7, 11) is 0. The Balaban J connectivity index is 1.91. The number of halogens is 1. The Morgan fingerprint density at radius 3 is 2.64 bits per heavy atom. The van der Waals surface area contributed by atoms with E-state index < -0.39 is 11.9 Å². The van der Waals surface area contributed by atoms with Crippen LogP contribution in [0.25, 0.3) is 0 Å². The first-order valence-corrected chi connectivity index (χ1v) is 9.90. The molecule has 1 aliphatic rings. The largest absolute Gasteiger partial charge is 0.352 e. The first kappa shape index (κ1) is 19.6. The van der Waals surface area contributed by atoms with Crippen molar-refractivity contribution >= 4 is 41.1 Å². The lowest BCUT2D eigenvalue weighted by molar-refractivity contribution is -0.127. The molecule has 0 aromatic heterocycles. The predicted molar refractivity (Wildman–Crippen MR) is 99.9 cm³/mol. The standard InChI is InChI=1S/C17H22ClN3O3S/c1-25-9-8-14(17(24)19-10-15(22)20-11-6-7-11)21-16(23)12-4-2-3-5-13(12)18/h2-5,11,14H,6-10H2,1H3,(H,19,24)(H,20,22)(H,21,23). The molecular weight excluding hydrogens is 362 g/mol. The lowest BCUT2D eigenvalue weighted by Gasteiger charge is -2.18. The van der Waals surface area contributed by atoms with Crippen molar-refractivity contribution in [3.8, 4) is 0 Å². The maximum absolute atomic E-state index is 12.4. The second-order valence-electron chi connectivity index (χ2n) is 5.85. The zero-order valence-corrected chi connectivity index (χ0v) is 15.6. The number of nitrogens with one attached hydrogen (secondary N) is 3. The molecule has 3 amide bonds. The third kappa shape index (κ3) is 6.59. The summed E-state index contributed by atoms with van der Waals surface area (Å²) < 4.78 is 0. The quantitative estimate of drug-likeness (QED) is 0.604. The summed E-state index contributed by atoms with van der Waals surface area (Å²) in [4.78, 5) is 36.4. The minimum absolute atomic E-state index is 0.0902. The molecule has 1 aromatic carbocycles. The molecule has 8 heteroatoms. The number of rotatable bonds is 9. The van der Waals surface area contributed by atoms with Crippen molar-refractivity contribution in [3.05, 3.63) is 34.9 Å². The van der Waals surface area contributed by atoms with Crippen LogP contribution < -0.4 is 16.0 Å². The van der Waals surface area contributed by atoms with Crippen LogP contribution in [0.3, 0.4) is 0 Å². The Labute approximate surface area is 156 Å². The van der Waals surface area contributed by atoms with Crippen LogP contribution in [0.2, 0.25) is 5.02 Å². The number of hydrogen-bond acceptors (Lipinski definition) is 4. The maximum atomic E-state index is 12.4. The summed E-state index contributed by atoms with van der Waals surface area (Å²) in [6.45, 7) is -0.0902. The van der Waals surface area contributed by atoms with Gasteiger partial charge in [-0.15, -0.1) is 0 Å². The highest BCUT2D eigenvalue weighted by Gasteiger charge is 2.25. The van der Waals surface area contributed by atoms with Gasteiger partial charge >= 0.3 is 0 Å². The Kier molecular flexibility index (Phi) is 7.58. The molecule has 3 N–H and O–H groups in total. The van der Waals surface area contributed by atoms with E-state index in [0.29, 0.717) is 22.8 Å². The average molecular weight is 384 g/mol. The molecule has 25 heavy (non-hydrogen) atoms. The molecule has 0 spiro atoms. The molecule has 1 atom stereocenters. The lowest BCUT2D eigenvalue weighted by atomic mass is 10.1. The Morgan fingerprint density at radius 2 is 2.00 bits per heavy atom. The number of thioether (sulfide) groups is 1. The zero-order valence-electron chi connectivity index (χ0n) is 14.0.